The van der Waals surface area contributed by atoms with Gasteiger partial charge in [0.1, 0.15) is 0 Å². The van der Waals surface area contributed by atoms with Crippen molar-refractivity contribution < 1.29 is 4.79 Å². The summed E-state index contributed by atoms with van der Waals surface area (Å²) in [7, 11) is 0. The van der Waals surface area contributed by atoms with Gasteiger partial charge in [0.2, 0.25) is 5.91 Å². The fourth-order valence-electron chi connectivity index (χ4n) is 2.27. The van der Waals surface area contributed by atoms with Crippen molar-refractivity contribution >= 4 is 21.8 Å². The molecule has 3 nitrogen and oxygen atoms in total. The van der Waals surface area contributed by atoms with Gasteiger partial charge in [-0.05, 0) is 49.5 Å². The van der Waals surface area contributed by atoms with E-state index in [9.17, 15) is 4.79 Å². The molecule has 1 aromatic carbocycles. The second-order valence-corrected chi connectivity index (χ2v) is 5.72. The van der Waals surface area contributed by atoms with Crippen molar-refractivity contribution in [3.05, 3.63) is 34.3 Å². The van der Waals surface area contributed by atoms with Crippen LogP contribution in [0.15, 0.2) is 28.7 Å². The SMILES string of the molecule is O=C(CC1CCNCC1)NCc1cccc(Br)c1. The lowest BCUT2D eigenvalue weighted by molar-refractivity contribution is -0.122. The van der Waals surface area contributed by atoms with Crippen LogP contribution in [-0.4, -0.2) is 19.0 Å². The number of rotatable bonds is 4. The van der Waals surface area contributed by atoms with Crippen LogP contribution in [-0.2, 0) is 11.3 Å². The summed E-state index contributed by atoms with van der Waals surface area (Å²) in [6, 6.07) is 8.03. The third kappa shape index (κ3) is 4.42. The predicted octanol–water partition coefficient (Wildman–Crippen LogP) is 2.46. The lowest BCUT2D eigenvalue weighted by Gasteiger charge is -2.21. The van der Waals surface area contributed by atoms with Gasteiger partial charge in [0.05, 0.1) is 0 Å². The molecule has 1 aliphatic heterocycles. The lowest BCUT2D eigenvalue weighted by atomic mass is 9.94. The first-order valence-electron chi connectivity index (χ1n) is 6.46. The molecule has 1 saturated heterocycles. The van der Waals surface area contributed by atoms with Crippen molar-refractivity contribution in [1.29, 1.82) is 0 Å². The van der Waals surface area contributed by atoms with E-state index in [0.29, 0.717) is 18.9 Å². The summed E-state index contributed by atoms with van der Waals surface area (Å²) < 4.78 is 1.05. The molecule has 0 saturated carbocycles. The summed E-state index contributed by atoms with van der Waals surface area (Å²) in [6.45, 7) is 2.70. The number of hydrogen-bond acceptors (Lipinski definition) is 2. The number of carbonyl (C=O) groups excluding carboxylic acids is 1. The Labute approximate surface area is 116 Å². The number of amides is 1. The molecule has 1 fully saturated rings. The zero-order valence-corrected chi connectivity index (χ0v) is 12.0. The molecule has 0 spiro atoms. The maximum Gasteiger partial charge on any atom is 0.220 e. The van der Waals surface area contributed by atoms with Gasteiger partial charge < -0.3 is 10.6 Å². The average molecular weight is 311 g/mol. The third-order valence-electron chi connectivity index (χ3n) is 3.31. The molecule has 0 unspecified atom stereocenters. The van der Waals surface area contributed by atoms with Crippen LogP contribution in [0.1, 0.15) is 24.8 Å². The fourth-order valence-corrected chi connectivity index (χ4v) is 2.71. The van der Waals surface area contributed by atoms with Gasteiger partial charge in [-0.25, -0.2) is 0 Å². The highest BCUT2D eigenvalue weighted by Gasteiger charge is 2.16. The fraction of sp³-hybridized carbons (Fsp3) is 0.500. The Morgan fingerprint density at radius 2 is 2.17 bits per heavy atom. The highest BCUT2D eigenvalue weighted by atomic mass is 79.9. The number of carbonyl (C=O) groups is 1. The van der Waals surface area contributed by atoms with Crippen LogP contribution >= 0.6 is 15.9 Å². The molecule has 0 aliphatic carbocycles. The first kappa shape index (κ1) is 13.6. The van der Waals surface area contributed by atoms with Gasteiger partial charge in [-0.2, -0.15) is 0 Å². The third-order valence-corrected chi connectivity index (χ3v) is 3.80. The largest absolute Gasteiger partial charge is 0.352 e. The maximum atomic E-state index is 11.8. The summed E-state index contributed by atoms with van der Waals surface area (Å²) in [4.78, 5) is 11.8. The number of halogens is 1. The van der Waals surface area contributed by atoms with Gasteiger partial charge in [-0.3, -0.25) is 4.79 Å². The topological polar surface area (TPSA) is 41.1 Å². The number of piperidine rings is 1. The minimum atomic E-state index is 0.168. The van der Waals surface area contributed by atoms with Gasteiger partial charge in [0.15, 0.2) is 0 Å². The molecule has 0 bridgehead atoms. The van der Waals surface area contributed by atoms with Gasteiger partial charge in [-0.1, -0.05) is 28.1 Å². The van der Waals surface area contributed by atoms with Crippen molar-refractivity contribution in [2.75, 3.05) is 13.1 Å². The summed E-state index contributed by atoms with van der Waals surface area (Å²) in [5, 5.41) is 6.31. The molecule has 1 amide bonds. The Bertz CT molecular complexity index is 403. The second kappa shape index (κ2) is 6.90. The van der Waals surface area contributed by atoms with Crippen LogP contribution in [0.3, 0.4) is 0 Å². The molecule has 0 radical (unpaired) electrons. The predicted molar refractivity (Wildman–Crippen MR) is 76.2 cm³/mol. The van der Waals surface area contributed by atoms with Crippen molar-refractivity contribution in [3.8, 4) is 0 Å². The van der Waals surface area contributed by atoms with Crippen molar-refractivity contribution in [1.82, 2.24) is 10.6 Å². The molecular formula is C14H19BrN2O. The van der Waals surface area contributed by atoms with E-state index in [4.69, 9.17) is 0 Å². The van der Waals surface area contributed by atoms with E-state index >= 15 is 0 Å². The van der Waals surface area contributed by atoms with Crippen molar-refractivity contribution in [3.63, 3.8) is 0 Å². The number of hydrogen-bond donors (Lipinski definition) is 2. The lowest BCUT2D eigenvalue weighted by Crippen LogP contribution is -2.32. The first-order valence-corrected chi connectivity index (χ1v) is 7.25. The van der Waals surface area contributed by atoms with Crippen molar-refractivity contribution in [2.45, 2.75) is 25.8 Å². The summed E-state index contributed by atoms with van der Waals surface area (Å²) >= 11 is 3.43. The summed E-state index contributed by atoms with van der Waals surface area (Å²) in [5.74, 6) is 0.718. The molecule has 0 atom stereocenters. The zero-order chi connectivity index (χ0) is 12.8. The molecule has 4 heteroatoms. The van der Waals surface area contributed by atoms with Crippen LogP contribution < -0.4 is 10.6 Å². The van der Waals surface area contributed by atoms with Crippen LogP contribution in [0.5, 0.6) is 0 Å². The molecule has 98 valence electrons. The van der Waals surface area contributed by atoms with Crippen LogP contribution in [0.2, 0.25) is 0 Å². The maximum absolute atomic E-state index is 11.8. The highest BCUT2D eigenvalue weighted by Crippen LogP contribution is 2.16. The van der Waals surface area contributed by atoms with E-state index in [2.05, 4.69) is 26.6 Å². The quantitative estimate of drug-likeness (QED) is 0.897. The van der Waals surface area contributed by atoms with Gasteiger partial charge in [0.25, 0.3) is 0 Å². The standard InChI is InChI=1S/C14H19BrN2O/c15-13-3-1-2-12(8-13)10-17-14(18)9-11-4-6-16-7-5-11/h1-3,8,11,16H,4-7,9-10H2,(H,17,18). The molecule has 0 aromatic heterocycles. The van der Waals surface area contributed by atoms with Gasteiger partial charge in [0, 0.05) is 17.4 Å². The normalized spacial score (nSPS) is 16.5. The molecule has 1 heterocycles. The molecule has 2 rings (SSSR count). The first-order chi connectivity index (χ1) is 8.74. The monoisotopic (exact) mass is 310 g/mol. The van der Waals surface area contributed by atoms with Gasteiger partial charge in [-0.15, -0.1) is 0 Å². The van der Waals surface area contributed by atoms with Gasteiger partial charge >= 0.3 is 0 Å². The Hall–Kier alpha value is -0.870. The zero-order valence-electron chi connectivity index (χ0n) is 10.4. The minimum Gasteiger partial charge on any atom is -0.352 e. The van der Waals surface area contributed by atoms with E-state index in [1.165, 1.54) is 0 Å². The Morgan fingerprint density at radius 1 is 1.39 bits per heavy atom. The van der Waals surface area contributed by atoms with Crippen LogP contribution in [0.4, 0.5) is 0 Å². The van der Waals surface area contributed by atoms with Crippen LogP contribution in [0.25, 0.3) is 0 Å². The minimum absolute atomic E-state index is 0.168. The van der Waals surface area contributed by atoms with E-state index in [1.54, 1.807) is 0 Å². The molecule has 1 aliphatic rings. The molecule has 1 aromatic rings. The number of nitrogens with one attached hydrogen (secondary N) is 2. The smallest absolute Gasteiger partial charge is 0.220 e. The molecular weight excluding hydrogens is 292 g/mol. The van der Waals surface area contributed by atoms with E-state index < -0.39 is 0 Å². The summed E-state index contributed by atoms with van der Waals surface area (Å²) in [5.41, 5.74) is 1.13. The van der Waals surface area contributed by atoms with E-state index in [1.807, 2.05) is 24.3 Å². The van der Waals surface area contributed by atoms with Crippen molar-refractivity contribution in [2.24, 2.45) is 5.92 Å². The highest BCUT2D eigenvalue weighted by molar-refractivity contribution is 9.10. The summed E-state index contributed by atoms with van der Waals surface area (Å²) in [6.07, 6.45) is 2.89. The molecule has 18 heavy (non-hydrogen) atoms. The Morgan fingerprint density at radius 3 is 2.89 bits per heavy atom. The number of benzene rings is 1. The Kier molecular flexibility index (Phi) is 5.20. The van der Waals surface area contributed by atoms with Crippen LogP contribution in [0, 0.1) is 5.92 Å². The van der Waals surface area contributed by atoms with E-state index in [0.717, 1.165) is 36.0 Å². The second-order valence-electron chi connectivity index (χ2n) is 4.80. The molecule has 2 N–H and O–H groups in total. The van der Waals surface area contributed by atoms with E-state index in [-0.39, 0.29) is 5.91 Å². The Balaban J connectivity index is 1.74. The average Bonchev–Trinajstić information content (AvgIpc) is 2.38.